The number of pyridine rings is 1. The van der Waals surface area contributed by atoms with E-state index in [-0.39, 0.29) is 27.2 Å². The second kappa shape index (κ2) is 8.81. The first kappa shape index (κ1) is 21.7. The fourth-order valence-corrected chi connectivity index (χ4v) is 4.22. The third-order valence-corrected chi connectivity index (χ3v) is 6.70. The van der Waals surface area contributed by atoms with E-state index in [9.17, 15) is 17.6 Å². The third kappa shape index (κ3) is 4.60. The molecule has 2 aromatic carbocycles. The molecule has 1 unspecified atom stereocenters. The molecule has 1 aromatic heterocycles. The minimum atomic E-state index is -3.99. The predicted molar refractivity (Wildman–Crippen MR) is 114 cm³/mol. The molecular weight excluding hydrogens is 429 g/mol. The number of rotatable bonds is 6. The lowest BCUT2D eigenvalue weighted by Gasteiger charge is -2.20. The highest BCUT2D eigenvalue weighted by Gasteiger charge is 2.24. The maximum absolute atomic E-state index is 13.2. The molecule has 0 aliphatic carbocycles. The molecular formula is C21H19ClFN3O3S. The summed E-state index contributed by atoms with van der Waals surface area (Å²) in [6.45, 7) is 1.80. The Morgan fingerprint density at radius 3 is 2.37 bits per heavy atom. The van der Waals surface area contributed by atoms with Crippen LogP contribution in [0.3, 0.4) is 0 Å². The molecule has 1 amide bonds. The molecule has 3 aromatic rings. The first-order chi connectivity index (χ1) is 14.2. The molecule has 1 heterocycles. The van der Waals surface area contributed by atoms with Gasteiger partial charge in [0.1, 0.15) is 5.82 Å². The Bertz CT molecular complexity index is 1160. The number of anilines is 1. The van der Waals surface area contributed by atoms with Gasteiger partial charge in [0.15, 0.2) is 0 Å². The van der Waals surface area contributed by atoms with Gasteiger partial charge in [0.25, 0.3) is 15.9 Å². The van der Waals surface area contributed by atoms with Gasteiger partial charge >= 0.3 is 0 Å². The molecule has 9 heteroatoms. The van der Waals surface area contributed by atoms with Gasteiger partial charge in [0.2, 0.25) is 0 Å². The summed E-state index contributed by atoms with van der Waals surface area (Å²) in [6, 6.07) is 12.2. The highest BCUT2D eigenvalue weighted by molar-refractivity contribution is 7.92. The molecule has 0 saturated carbocycles. The number of nitrogens with zero attached hydrogens (tertiary/aromatic N) is 2. The van der Waals surface area contributed by atoms with Gasteiger partial charge in [-0.1, -0.05) is 11.6 Å². The van der Waals surface area contributed by atoms with Crippen molar-refractivity contribution in [3.63, 3.8) is 0 Å². The van der Waals surface area contributed by atoms with Crippen molar-refractivity contribution in [1.82, 2.24) is 10.3 Å². The van der Waals surface area contributed by atoms with E-state index in [1.54, 1.807) is 31.5 Å². The van der Waals surface area contributed by atoms with Crippen molar-refractivity contribution in [2.45, 2.75) is 17.9 Å². The molecule has 0 fully saturated rings. The van der Waals surface area contributed by atoms with Crippen molar-refractivity contribution in [3.05, 3.63) is 89.0 Å². The maximum atomic E-state index is 13.2. The smallest absolute Gasteiger partial charge is 0.264 e. The number of benzene rings is 2. The van der Waals surface area contributed by atoms with Crippen LogP contribution in [-0.4, -0.2) is 26.4 Å². The van der Waals surface area contributed by atoms with Gasteiger partial charge in [-0.15, -0.1) is 0 Å². The van der Waals surface area contributed by atoms with Crippen LogP contribution in [0.4, 0.5) is 10.1 Å². The van der Waals surface area contributed by atoms with E-state index in [1.807, 2.05) is 0 Å². The number of halogens is 2. The normalized spacial score (nSPS) is 12.3. The number of hydrogen-bond donors (Lipinski definition) is 1. The van der Waals surface area contributed by atoms with Crippen LogP contribution in [0, 0.1) is 5.82 Å². The maximum Gasteiger partial charge on any atom is 0.264 e. The lowest BCUT2D eigenvalue weighted by molar-refractivity contribution is 0.0940. The summed E-state index contributed by atoms with van der Waals surface area (Å²) in [4.78, 5) is 16.6. The van der Waals surface area contributed by atoms with Crippen molar-refractivity contribution in [2.75, 3.05) is 11.4 Å². The van der Waals surface area contributed by atoms with Gasteiger partial charge in [0.05, 0.1) is 27.2 Å². The van der Waals surface area contributed by atoms with Gasteiger partial charge < -0.3 is 5.32 Å². The lowest BCUT2D eigenvalue weighted by Crippen LogP contribution is -2.29. The van der Waals surface area contributed by atoms with Crippen molar-refractivity contribution in [3.8, 4) is 0 Å². The summed E-state index contributed by atoms with van der Waals surface area (Å²) >= 11 is 6.16. The lowest BCUT2D eigenvalue weighted by atomic mass is 10.1. The summed E-state index contributed by atoms with van der Waals surface area (Å²) in [5.41, 5.74) is 1.16. The largest absolute Gasteiger partial charge is 0.345 e. The Morgan fingerprint density at radius 2 is 1.73 bits per heavy atom. The first-order valence-corrected chi connectivity index (χ1v) is 10.8. The molecule has 0 aliphatic rings. The Hall–Kier alpha value is -2.97. The Labute approximate surface area is 179 Å². The summed E-state index contributed by atoms with van der Waals surface area (Å²) in [5.74, 6) is -0.982. The fraction of sp³-hybridized carbons (Fsp3) is 0.143. The molecule has 156 valence electrons. The Morgan fingerprint density at radius 1 is 1.10 bits per heavy atom. The van der Waals surface area contributed by atoms with Crippen LogP contribution in [-0.2, 0) is 10.0 Å². The standard InChI is InChI=1S/C21H19ClFN3O3S/c1-14(15-9-11-24-12-10-15)25-21(27)19-13-18(7-8-20(19)22)30(28,29)26(2)17-5-3-16(23)4-6-17/h3-14H,1-2H3,(H,25,27). The van der Waals surface area contributed by atoms with E-state index >= 15 is 0 Å². The zero-order chi connectivity index (χ0) is 21.9. The molecule has 0 saturated heterocycles. The fourth-order valence-electron chi connectivity index (χ4n) is 2.80. The van der Waals surface area contributed by atoms with Gasteiger partial charge in [-0.05, 0) is 67.1 Å². The third-order valence-electron chi connectivity index (χ3n) is 4.58. The number of sulfonamides is 1. The molecule has 0 spiro atoms. The van der Waals surface area contributed by atoms with E-state index in [2.05, 4.69) is 10.3 Å². The monoisotopic (exact) mass is 447 g/mol. The first-order valence-electron chi connectivity index (χ1n) is 8.95. The number of carbonyl (C=O) groups is 1. The molecule has 0 radical (unpaired) electrons. The second-order valence-corrected chi connectivity index (χ2v) is 8.94. The van der Waals surface area contributed by atoms with E-state index in [1.165, 1.54) is 49.5 Å². The van der Waals surface area contributed by atoms with Crippen molar-refractivity contribution < 1.29 is 17.6 Å². The Kier molecular flexibility index (Phi) is 6.38. The van der Waals surface area contributed by atoms with Crippen LogP contribution < -0.4 is 9.62 Å². The molecule has 3 rings (SSSR count). The van der Waals surface area contributed by atoms with Crippen LogP contribution in [0.1, 0.15) is 28.9 Å². The van der Waals surface area contributed by atoms with E-state index in [0.717, 1.165) is 9.87 Å². The van der Waals surface area contributed by atoms with E-state index in [0.29, 0.717) is 0 Å². The van der Waals surface area contributed by atoms with Crippen LogP contribution in [0.25, 0.3) is 0 Å². The molecule has 0 bridgehead atoms. The van der Waals surface area contributed by atoms with Crippen LogP contribution in [0.2, 0.25) is 5.02 Å². The second-order valence-electron chi connectivity index (χ2n) is 6.57. The quantitative estimate of drug-likeness (QED) is 0.614. The molecule has 1 atom stereocenters. The molecule has 30 heavy (non-hydrogen) atoms. The zero-order valence-corrected chi connectivity index (χ0v) is 17.8. The van der Waals surface area contributed by atoms with Crippen molar-refractivity contribution >= 4 is 33.2 Å². The van der Waals surface area contributed by atoms with Gasteiger partial charge in [-0.2, -0.15) is 0 Å². The van der Waals surface area contributed by atoms with E-state index < -0.39 is 21.7 Å². The average Bonchev–Trinajstić information content (AvgIpc) is 2.74. The molecule has 1 N–H and O–H groups in total. The van der Waals surface area contributed by atoms with Gasteiger partial charge in [-0.25, -0.2) is 12.8 Å². The highest BCUT2D eigenvalue weighted by atomic mass is 35.5. The number of amides is 1. The number of aromatic nitrogens is 1. The van der Waals surface area contributed by atoms with Gasteiger partial charge in [-0.3, -0.25) is 14.1 Å². The number of nitrogens with one attached hydrogen (secondary N) is 1. The average molecular weight is 448 g/mol. The van der Waals surface area contributed by atoms with Crippen molar-refractivity contribution in [1.29, 1.82) is 0 Å². The highest BCUT2D eigenvalue weighted by Crippen LogP contribution is 2.26. The zero-order valence-electron chi connectivity index (χ0n) is 16.2. The number of carbonyl (C=O) groups excluding carboxylic acids is 1. The Balaban J connectivity index is 1.88. The summed E-state index contributed by atoms with van der Waals surface area (Å²) in [7, 11) is -2.64. The molecule has 6 nitrogen and oxygen atoms in total. The van der Waals surface area contributed by atoms with Crippen LogP contribution >= 0.6 is 11.6 Å². The summed E-state index contributed by atoms with van der Waals surface area (Å²) < 4.78 is 40.2. The minimum Gasteiger partial charge on any atom is -0.345 e. The van der Waals surface area contributed by atoms with E-state index in [4.69, 9.17) is 11.6 Å². The number of hydrogen-bond acceptors (Lipinski definition) is 4. The predicted octanol–water partition coefficient (Wildman–Crippen LogP) is 4.19. The van der Waals surface area contributed by atoms with Crippen LogP contribution in [0.5, 0.6) is 0 Å². The molecule has 0 aliphatic heterocycles. The topological polar surface area (TPSA) is 79.4 Å². The summed E-state index contributed by atoms with van der Waals surface area (Å²) in [5, 5.41) is 2.92. The van der Waals surface area contributed by atoms with Gasteiger partial charge in [0, 0.05) is 19.4 Å². The van der Waals surface area contributed by atoms with Crippen LogP contribution in [0.15, 0.2) is 71.9 Å². The van der Waals surface area contributed by atoms with Crippen molar-refractivity contribution in [2.24, 2.45) is 0 Å². The minimum absolute atomic E-state index is 0.0335. The SMILES string of the molecule is CC(NC(=O)c1cc(S(=O)(=O)N(C)c2ccc(F)cc2)ccc1Cl)c1ccncc1. The summed E-state index contributed by atoms with van der Waals surface area (Å²) in [6.07, 6.45) is 3.23.